The van der Waals surface area contributed by atoms with Crippen molar-refractivity contribution >= 4 is 50.5 Å². The number of hydrogen-bond donors (Lipinski definition) is 1. The Morgan fingerprint density at radius 3 is 2.75 bits per heavy atom. The lowest BCUT2D eigenvalue weighted by Gasteiger charge is -2.13. The van der Waals surface area contributed by atoms with Crippen LogP contribution in [-0.2, 0) is 13.2 Å². The monoisotopic (exact) mass is 393 g/mol. The van der Waals surface area contributed by atoms with Crippen molar-refractivity contribution < 1.29 is 4.74 Å². The molecule has 0 aliphatic rings. The van der Waals surface area contributed by atoms with Crippen molar-refractivity contribution in [3.05, 3.63) is 48.5 Å². The van der Waals surface area contributed by atoms with Gasteiger partial charge in [0.15, 0.2) is 0 Å². The summed E-state index contributed by atoms with van der Waals surface area (Å²) < 4.78 is 6.94. The molecule has 0 saturated carbocycles. The molecule has 2 rings (SSSR count). The minimum absolute atomic E-state index is 0.497. The first-order valence-electron chi connectivity index (χ1n) is 6.14. The van der Waals surface area contributed by atoms with E-state index < -0.39 is 0 Å². The Bertz CT molecular complexity index is 589. The molecule has 0 aliphatic heterocycles. The molecule has 1 heterocycles. The third-order valence-corrected chi connectivity index (χ3v) is 4.80. The molecule has 0 radical (unpaired) electrons. The molecule has 20 heavy (non-hydrogen) atoms. The van der Waals surface area contributed by atoms with Gasteiger partial charge in [0.25, 0.3) is 0 Å². The van der Waals surface area contributed by atoms with Crippen LogP contribution in [0.5, 0.6) is 5.75 Å². The number of rotatable bonds is 6. The predicted molar refractivity (Wildman–Crippen MR) is 90.2 cm³/mol. The summed E-state index contributed by atoms with van der Waals surface area (Å²) in [4.78, 5) is 1.14. The molecule has 0 saturated heterocycles. The normalized spacial score (nSPS) is 10.8. The highest BCUT2D eigenvalue weighted by Crippen LogP contribution is 2.33. The van der Waals surface area contributed by atoms with Crippen LogP contribution >= 0.6 is 50.5 Å². The molecule has 6 heteroatoms. The molecule has 2 nitrogen and oxygen atoms in total. The fourth-order valence-electron chi connectivity index (χ4n) is 1.74. The van der Waals surface area contributed by atoms with Crippen molar-refractivity contribution in [1.82, 2.24) is 5.32 Å². The number of benzene rings is 1. The van der Waals surface area contributed by atoms with Crippen molar-refractivity contribution in [3.8, 4) is 5.75 Å². The maximum atomic E-state index is 6.24. The first kappa shape index (κ1) is 16.1. The van der Waals surface area contributed by atoms with E-state index in [9.17, 15) is 0 Å². The van der Waals surface area contributed by atoms with Crippen molar-refractivity contribution in [2.45, 2.75) is 20.1 Å². The largest absolute Gasteiger partial charge is 0.486 e. The van der Waals surface area contributed by atoms with Gasteiger partial charge in [-0.3, -0.25) is 0 Å². The highest BCUT2D eigenvalue weighted by Gasteiger charge is 2.11. The summed E-state index contributed by atoms with van der Waals surface area (Å²) in [7, 11) is 0. The van der Waals surface area contributed by atoms with Crippen LogP contribution in [-0.4, -0.2) is 6.54 Å². The van der Waals surface area contributed by atoms with Crippen molar-refractivity contribution in [3.63, 3.8) is 0 Å². The molecular weight excluding hydrogens is 381 g/mol. The highest BCUT2D eigenvalue weighted by atomic mass is 79.9. The summed E-state index contributed by atoms with van der Waals surface area (Å²) in [5.74, 6) is 0.696. The molecule has 0 aliphatic carbocycles. The molecule has 0 unspecified atom stereocenters. The van der Waals surface area contributed by atoms with Crippen LogP contribution in [0.25, 0.3) is 0 Å². The average Bonchev–Trinajstić information content (AvgIpc) is 2.80. The topological polar surface area (TPSA) is 21.3 Å². The molecule has 2 aromatic rings. The Labute approximate surface area is 141 Å². The fraction of sp³-hybridized carbons (Fsp3) is 0.286. The summed E-state index contributed by atoms with van der Waals surface area (Å²) in [5, 5.41) is 6.45. The average molecular weight is 395 g/mol. The number of halogens is 3. The van der Waals surface area contributed by atoms with E-state index in [0.717, 1.165) is 21.5 Å². The van der Waals surface area contributed by atoms with Gasteiger partial charge in [-0.1, -0.05) is 30.1 Å². The van der Waals surface area contributed by atoms with E-state index in [-0.39, 0.29) is 0 Å². The third-order valence-electron chi connectivity index (χ3n) is 2.63. The van der Waals surface area contributed by atoms with E-state index in [2.05, 4.69) is 28.2 Å². The van der Waals surface area contributed by atoms with Crippen LogP contribution in [0.1, 0.15) is 17.4 Å². The van der Waals surface area contributed by atoms with Crippen LogP contribution in [0.3, 0.4) is 0 Å². The zero-order valence-corrected chi connectivity index (χ0v) is 14.8. The Morgan fingerprint density at radius 2 is 2.10 bits per heavy atom. The first-order chi connectivity index (χ1) is 9.60. The van der Waals surface area contributed by atoms with Crippen molar-refractivity contribution in [2.75, 3.05) is 6.54 Å². The fourth-order valence-corrected chi connectivity index (χ4v) is 3.69. The minimum Gasteiger partial charge on any atom is -0.486 e. The van der Waals surface area contributed by atoms with E-state index in [1.54, 1.807) is 17.4 Å². The quantitative estimate of drug-likeness (QED) is 0.697. The SMILES string of the molecule is CCNCc1cc(Cl)cc(Cl)c1OCc1cc(Br)cs1. The lowest BCUT2D eigenvalue weighted by Crippen LogP contribution is -2.13. The number of thiophene rings is 1. The Balaban J connectivity index is 2.16. The molecule has 1 aromatic heterocycles. The van der Waals surface area contributed by atoms with Crippen LogP contribution in [0.4, 0.5) is 0 Å². The molecule has 0 amide bonds. The number of hydrogen-bond acceptors (Lipinski definition) is 3. The zero-order chi connectivity index (χ0) is 14.5. The van der Waals surface area contributed by atoms with Gasteiger partial charge < -0.3 is 10.1 Å². The van der Waals surface area contributed by atoms with Gasteiger partial charge in [-0.15, -0.1) is 11.3 Å². The predicted octanol–water partition coefficient (Wildman–Crippen LogP) is 5.51. The van der Waals surface area contributed by atoms with Crippen LogP contribution in [0.2, 0.25) is 10.0 Å². The Morgan fingerprint density at radius 1 is 1.30 bits per heavy atom. The van der Waals surface area contributed by atoms with Gasteiger partial charge in [0.05, 0.1) is 5.02 Å². The van der Waals surface area contributed by atoms with E-state index in [0.29, 0.717) is 28.9 Å². The Hall–Kier alpha value is -0.260. The maximum Gasteiger partial charge on any atom is 0.143 e. The van der Waals surface area contributed by atoms with Gasteiger partial charge in [-0.05, 0) is 40.7 Å². The maximum absolute atomic E-state index is 6.24. The van der Waals surface area contributed by atoms with E-state index in [1.807, 2.05) is 17.5 Å². The minimum atomic E-state index is 0.497. The van der Waals surface area contributed by atoms with Gasteiger partial charge in [-0.25, -0.2) is 0 Å². The molecule has 108 valence electrons. The lowest BCUT2D eigenvalue weighted by molar-refractivity contribution is 0.306. The summed E-state index contributed by atoms with van der Waals surface area (Å²) in [5.41, 5.74) is 0.972. The standard InChI is InChI=1S/C14H14BrCl2NOS/c1-2-18-6-9-3-11(16)5-13(17)14(9)19-7-12-4-10(15)8-20-12/h3-5,8,18H,2,6-7H2,1H3. The first-order valence-corrected chi connectivity index (χ1v) is 8.57. The Kier molecular flexibility index (Phi) is 6.18. The van der Waals surface area contributed by atoms with Crippen molar-refractivity contribution in [1.29, 1.82) is 0 Å². The van der Waals surface area contributed by atoms with Crippen molar-refractivity contribution in [2.24, 2.45) is 0 Å². The molecule has 0 spiro atoms. The smallest absolute Gasteiger partial charge is 0.143 e. The molecule has 1 aromatic carbocycles. The summed E-state index contributed by atoms with van der Waals surface area (Å²) in [6.45, 7) is 4.11. The third kappa shape index (κ3) is 4.37. The zero-order valence-electron chi connectivity index (χ0n) is 10.9. The second kappa shape index (κ2) is 7.66. The summed E-state index contributed by atoms with van der Waals surface area (Å²) in [6, 6.07) is 5.63. The molecule has 0 fully saturated rings. The lowest BCUT2D eigenvalue weighted by atomic mass is 10.2. The van der Waals surface area contributed by atoms with Crippen LogP contribution < -0.4 is 10.1 Å². The summed E-state index contributed by atoms with van der Waals surface area (Å²) >= 11 is 17.4. The number of nitrogens with one attached hydrogen (secondary N) is 1. The number of ether oxygens (including phenoxy) is 1. The van der Waals surface area contributed by atoms with Gasteiger partial charge in [0.1, 0.15) is 12.4 Å². The van der Waals surface area contributed by atoms with Crippen LogP contribution in [0, 0.1) is 0 Å². The van der Waals surface area contributed by atoms with E-state index in [4.69, 9.17) is 27.9 Å². The molecule has 0 atom stereocenters. The van der Waals surface area contributed by atoms with E-state index >= 15 is 0 Å². The van der Waals surface area contributed by atoms with Gasteiger partial charge in [0.2, 0.25) is 0 Å². The van der Waals surface area contributed by atoms with Gasteiger partial charge in [-0.2, -0.15) is 0 Å². The molecule has 1 N–H and O–H groups in total. The second-order valence-corrected chi connectivity index (χ2v) is 6.93. The van der Waals surface area contributed by atoms with Crippen LogP contribution in [0.15, 0.2) is 28.1 Å². The summed E-state index contributed by atoms with van der Waals surface area (Å²) in [6.07, 6.45) is 0. The van der Waals surface area contributed by atoms with E-state index in [1.165, 1.54) is 0 Å². The highest BCUT2D eigenvalue weighted by molar-refractivity contribution is 9.10. The second-order valence-electron chi connectivity index (χ2n) is 4.18. The van der Waals surface area contributed by atoms with Gasteiger partial charge in [0, 0.05) is 31.9 Å². The molecular formula is C14H14BrCl2NOS. The molecule has 0 bridgehead atoms. The van der Waals surface area contributed by atoms with Gasteiger partial charge >= 0.3 is 0 Å².